The maximum Gasteiger partial charge on any atom is 0.222 e. The molecule has 0 radical (unpaired) electrons. The summed E-state index contributed by atoms with van der Waals surface area (Å²) in [7, 11) is -1.76. The summed E-state index contributed by atoms with van der Waals surface area (Å²) in [5, 5.41) is 3.42. The van der Waals surface area contributed by atoms with Crippen LogP contribution in [0.25, 0.3) is 5.69 Å². The van der Waals surface area contributed by atoms with Crippen LogP contribution in [0.3, 0.4) is 0 Å². The van der Waals surface area contributed by atoms with Gasteiger partial charge in [-0.05, 0) is 49.4 Å². The van der Waals surface area contributed by atoms with Crippen LogP contribution < -0.4 is 5.32 Å². The number of nitrogens with one attached hydrogen (secondary N) is 1. The van der Waals surface area contributed by atoms with Crippen LogP contribution in [0.15, 0.2) is 76.8 Å². The predicted molar refractivity (Wildman–Crippen MR) is 95.2 cm³/mol. The van der Waals surface area contributed by atoms with E-state index in [2.05, 4.69) is 5.32 Å². The molecule has 1 N–H and O–H groups in total. The third-order valence-electron chi connectivity index (χ3n) is 4.02. The van der Waals surface area contributed by atoms with Gasteiger partial charge in [0.25, 0.3) is 0 Å². The Morgan fingerprint density at radius 3 is 2.12 bits per heavy atom. The highest BCUT2D eigenvalue weighted by atomic mass is 32.2. The van der Waals surface area contributed by atoms with Crippen molar-refractivity contribution in [1.29, 1.82) is 0 Å². The molecule has 1 heterocycles. The second kappa shape index (κ2) is 6.63. The lowest BCUT2D eigenvalue weighted by Crippen LogP contribution is -2.10. The quantitative estimate of drug-likeness (QED) is 0.775. The normalized spacial score (nSPS) is 11.6. The van der Waals surface area contributed by atoms with E-state index in [0.717, 1.165) is 16.8 Å². The maximum absolute atomic E-state index is 13.2. The molecule has 0 saturated carbocycles. The van der Waals surface area contributed by atoms with Crippen LogP contribution >= 0.6 is 0 Å². The van der Waals surface area contributed by atoms with Crippen molar-refractivity contribution in [2.75, 3.05) is 7.05 Å². The zero-order valence-corrected chi connectivity index (χ0v) is 14.5. The number of rotatable bonds is 5. The molecule has 124 valence electrons. The highest BCUT2D eigenvalue weighted by Crippen LogP contribution is 2.30. The summed E-state index contributed by atoms with van der Waals surface area (Å²) in [6.07, 6.45) is 1.90. The van der Waals surface area contributed by atoms with Gasteiger partial charge in [0.2, 0.25) is 9.84 Å². The molecule has 0 aliphatic carbocycles. The Morgan fingerprint density at radius 1 is 0.958 bits per heavy atom. The monoisotopic (exact) mass is 340 g/mol. The Hall–Kier alpha value is -2.37. The fraction of sp³-hybridized carbons (Fsp3) is 0.158. The molecule has 2 aromatic carbocycles. The number of sulfone groups is 1. The zero-order valence-electron chi connectivity index (χ0n) is 13.7. The number of hydrogen-bond donors (Lipinski definition) is 1. The second-order valence-electron chi connectivity index (χ2n) is 5.64. The molecule has 0 fully saturated rings. The molecule has 24 heavy (non-hydrogen) atoms. The highest BCUT2D eigenvalue weighted by molar-refractivity contribution is 7.91. The van der Waals surface area contributed by atoms with Crippen molar-refractivity contribution in [2.45, 2.75) is 23.4 Å². The first kappa shape index (κ1) is 16.5. The number of hydrogen-bond acceptors (Lipinski definition) is 3. The summed E-state index contributed by atoms with van der Waals surface area (Å²) in [4.78, 5) is 0.305. The van der Waals surface area contributed by atoms with Crippen LogP contribution in [0.2, 0.25) is 0 Å². The summed E-state index contributed by atoms with van der Waals surface area (Å²) in [5.74, 6) is 0. The summed E-state index contributed by atoms with van der Waals surface area (Å²) in [6.45, 7) is 2.48. The molecule has 0 saturated heterocycles. The van der Waals surface area contributed by atoms with Gasteiger partial charge in [-0.2, -0.15) is 0 Å². The Kier molecular flexibility index (Phi) is 4.55. The van der Waals surface area contributed by atoms with Gasteiger partial charge in [-0.25, -0.2) is 8.42 Å². The summed E-state index contributed by atoms with van der Waals surface area (Å²) >= 11 is 0. The largest absolute Gasteiger partial charge is 0.316 e. The van der Waals surface area contributed by atoms with E-state index >= 15 is 0 Å². The third-order valence-corrected chi connectivity index (χ3v) is 5.92. The third kappa shape index (κ3) is 2.88. The van der Waals surface area contributed by atoms with Gasteiger partial charge >= 0.3 is 0 Å². The highest BCUT2D eigenvalue weighted by Gasteiger charge is 2.26. The molecule has 3 rings (SSSR count). The molecule has 0 amide bonds. The molecule has 0 atom stereocenters. The van der Waals surface area contributed by atoms with Crippen molar-refractivity contribution >= 4 is 9.84 Å². The topological polar surface area (TPSA) is 51.1 Å². The molecule has 1 aromatic heterocycles. The fourth-order valence-electron chi connectivity index (χ4n) is 2.82. The van der Waals surface area contributed by atoms with Crippen LogP contribution in [-0.4, -0.2) is 20.0 Å². The van der Waals surface area contributed by atoms with Crippen molar-refractivity contribution in [3.63, 3.8) is 0 Å². The molecule has 0 spiro atoms. The van der Waals surface area contributed by atoms with Gasteiger partial charge in [0, 0.05) is 18.4 Å². The predicted octanol–water partition coefficient (Wildman–Crippen LogP) is 3.34. The lowest BCUT2D eigenvalue weighted by Gasteiger charge is -2.11. The first-order valence-corrected chi connectivity index (χ1v) is 9.25. The van der Waals surface area contributed by atoms with Gasteiger partial charge in [-0.1, -0.05) is 36.4 Å². The van der Waals surface area contributed by atoms with Crippen LogP contribution in [0, 0.1) is 6.92 Å². The van der Waals surface area contributed by atoms with Crippen molar-refractivity contribution in [2.24, 2.45) is 0 Å². The van der Waals surface area contributed by atoms with E-state index in [0.29, 0.717) is 16.5 Å². The summed E-state index contributed by atoms with van der Waals surface area (Å²) in [6, 6.07) is 18.1. The SMILES string of the molecule is CNCc1cn(-c2ccccc2)c(S(=O)(=O)c2ccccc2)c1C. The minimum atomic E-state index is -3.61. The number of para-hydroxylation sites is 1. The minimum absolute atomic E-state index is 0.305. The molecule has 0 bridgehead atoms. The number of aromatic nitrogens is 1. The molecule has 0 unspecified atom stereocenters. The Balaban J connectivity index is 2.27. The molecular weight excluding hydrogens is 320 g/mol. The molecular formula is C19H20N2O2S. The van der Waals surface area contributed by atoms with Gasteiger partial charge in [0.1, 0.15) is 5.03 Å². The first-order chi connectivity index (χ1) is 11.6. The average molecular weight is 340 g/mol. The molecule has 3 aromatic rings. The Labute approximate surface area is 142 Å². The van der Waals surface area contributed by atoms with Gasteiger partial charge in [0.05, 0.1) is 4.90 Å². The Morgan fingerprint density at radius 2 is 1.54 bits per heavy atom. The lowest BCUT2D eigenvalue weighted by atomic mass is 10.2. The zero-order chi connectivity index (χ0) is 17.2. The van der Waals surface area contributed by atoms with Crippen LogP contribution in [-0.2, 0) is 16.4 Å². The van der Waals surface area contributed by atoms with E-state index in [1.807, 2.05) is 56.6 Å². The first-order valence-electron chi connectivity index (χ1n) is 7.76. The van der Waals surface area contributed by atoms with Crippen molar-refractivity contribution in [3.8, 4) is 5.69 Å². The number of nitrogens with zero attached hydrogens (tertiary/aromatic N) is 1. The summed E-state index contributed by atoms with van der Waals surface area (Å²) in [5.41, 5.74) is 2.57. The summed E-state index contributed by atoms with van der Waals surface area (Å²) < 4.78 is 28.2. The van der Waals surface area contributed by atoms with E-state index < -0.39 is 9.84 Å². The van der Waals surface area contributed by atoms with E-state index in [9.17, 15) is 8.42 Å². The van der Waals surface area contributed by atoms with Gasteiger partial charge < -0.3 is 9.88 Å². The van der Waals surface area contributed by atoms with E-state index in [1.165, 1.54) is 0 Å². The maximum atomic E-state index is 13.2. The molecule has 0 aliphatic heterocycles. The van der Waals surface area contributed by atoms with Gasteiger partial charge in [0.15, 0.2) is 0 Å². The van der Waals surface area contributed by atoms with Gasteiger partial charge in [-0.3, -0.25) is 0 Å². The van der Waals surface area contributed by atoms with Crippen molar-refractivity contribution in [3.05, 3.63) is 78.0 Å². The van der Waals surface area contributed by atoms with E-state index in [-0.39, 0.29) is 0 Å². The standard InChI is InChI=1S/C19H20N2O2S/c1-15-16(13-20-2)14-21(17-9-5-3-6-10-17)19(15)24(22,23)18-11-7-4-8-12-18/h3-12,14,20H,13H2,1-2H3. The minimum Gasteiger partial charge on any atom is -0.316 e. The average Bonchev–Trinajstić information content (AvgIpc) is 2.94. The van der Waals surface area contributed by atoms with Crippen molar-refractivity contribution in [1.82, 2.24) is 9.88 Å². The van der Waals surface area contributed by atoms with Crippen LogP contribution in [0.5, 0.6) is 0 Å². The molecule has 5 heteroatoms. The van der Waals surface area contributed by atoms with Crippen LogP contribution in [0.4, 0.5) is 0 Å². The molecule has 4 nitrogen and oxygen atoms in total. The smallest absolute Gasteiger partial charge is 0.222 e. The van der Waals surface area contributed by atoms with E-state index in [4.69, 9.17) is 0 Å². The van der Waals surface area contributed by atoms with Crippen LogP contribution in [0.1, 0.15) is 11.1 Å². The van der Waals surface area contributed by atoms with Gasteiger partial charge in [-0.15, -0.1) is 0 Å². The van der Waals surface area contributed by atoms with E-state index in [1.54, 1.807) is 28.8 Å². The fourth-order valence-corrected chi connectivity index (χ4v) is 4.51. The Bertz CT molecular complexity index is 930. The van der Waals surface area contributed by atoms with Crippen molar-refractivity contribution < 1.29 is 8.42 Å². The second-order valence-corrected chi connectivity index (χ2v) is 7.50. The lowest BCUT2D eigenvalue weighted by molar-refractivity contribution is 0.589. The molecule has 0 aliphatic rings. The number of benzene rings is 2.